The molecular weight excluding hydrogens is 398 g/mol. The number of amides is 1. The lowest BCUT2D eigenvalue weighted by Gasteiger charge is -2.29. The van der Waals surface area contributed by atoms with E-state index in [4.69, 9.17) is 0 Å². The maximum atomic E-state index is 12.7. The van der Waals surface area contributed by atoms with E-state index in [1.165, 1.54) is 5.56 Å². The zero-order valence-electron chi connectivity index (χ0n) is 16.9. The number of hydrazone groups is 1. The van der Waals surface area contributed by atoms with Gasteiger partial charge in [-0.25, -0.2) is 18.6 Å². The average Bonchev–Trinajstić information content (AvgIpc) is 3.23. The SMILES string of the molecule is O=C1CCC(c2ccc(CC3(CNS(=O)(=O)c4ccccc4)CCCC3)cc2)=NN1. The summed E-state index contributed by atoms with van der Waals surface area (Å²) >= 11 is 0. The van der Waals surface area contributed by atoms with Gasteiger partial charge in [0, 0.05) is 19.4 Å². The topological polar surface area (TPSA) is 87.6 Å². The van der Waals surface area contributed by atoms with Crippen LogP contribution in [0.3, 0.4) is 0 Å². The van der Waals surface area contributed by atoms with Gasteiger partial charge >= 0.3 is 0 Å². The number of carbonyl (C=O) groups is 1. The molecule has 30 heavy (non-hydrogen) atoms. The van der Waals surface area contributed by atoms with Crippen LogP contribution < -0.4 is 10.1 Å². The molecule has 158 valence electrons. The van der Waals surface area contributed by atoms with Crippen molar-refractivity contribution in [2.75, 3.05) is 6.54 Å². The number of nitrogens with zero attached hydrogens (tertiary/aromatic N) is 1. The van der Waals surface area contributed by atoms with Crippen LogP contribution in [0.2, 0.25) is 0 Å². The summed E-state index contributed by atoms with van der Waals surface area (Å²) in [5, 5.41) is 4.15. The Kier molecular flexibility index (Phi) is 6.01. The lowest BCUT2D eigenvalue weighted by Crippen LogP contribution is -2.37. The van der Waals surface area contributed by atoms with Crippen molar-refractivity contribution in [2.24, 2.45) is 10.5 Å². The molecule has 0 saturated heterocycles. The van der Waals surface area contributed by atoms with Crippen molar-refractivity contribution in [3.05, 3.63) is 65.7 Å². The Morgan fingerprint density at radius 3 is 2.30 bits per heavy atom. The maximum Gasteiger partial charge on any atom is 0.240 e. The number of sulfonamides is 1. The van der Waals surface area contributed by atoms with E-state index in [-0.39, 0.29) is 11.3 Å². The maximum absolute atomic E-state index is 12.7. The van der Waals surface area contributed by atoms with Crippen molar-refractivity contribution < 1.29 is 13.2 Å². The number of hydrogen-bond donors (Lipinski definition) is 2. The van der Waals surface area contributed by atoms with Crippen molar-refractivity contribution in [3.8, 4) is 0 Å². The van der Waals surface area contributed by atoms with Gasteiger partial charge in [0.15, 0.2) is 0 Å². The molecule has 1 amide bonds. The molecule has 0 radical (unpaired) electrons. The Morgan fingerprint density at radius 2 is 1.67 bits per heavy atom. The quantitative estimate of drug-likeness (QED) is 0.713. The Balaban J connectivity index is 1.45. The number of carbonyl (C=O) groups excluding carboxylic acids is 1. The molecule has 2 aromatic rings. The number of benzene rings is 2. The summed E-state index contributed by atoms with van der Waals surface area (Å²) in [5.41, 5.74) is 5.59. The lowest BCUT2D eigenvalue weighted by atomic mass is 9.80. The average molecular weight is 426 g/mol. The molecule has 4 rings (SSSR count). The van der Waals surface area contributed by atoms with Gasteiger partial charge < -0.3 is 0 Å². The Labute approximate surface area is 177 Å². The molecular formula is C23H27N3O3S. The van der Waals surface area contributed by atoms with Crippen LogP contribution in [0.1, 0.15) is 49.7 Å². The minimum absolute atomic E-state index is 0.0449. The summed E-state index contributed by atoms with van der Waals surface area (Å²) in [5.74, 6) is -0.0449. The smallest absolute Gasteiger partial charge is 0.240 e. The molecule has 1 aliphatic carbocycles. The second-order valence-corrected chi connectivity index (χ2v) is 10.1. The van der Waals surface area contributed by atoms with Gasteiger partial charge in [0.1, 0.15) is 0 Å². The first-order valence-electron chi connectivity index (χ1n) is 10.5. The third-order valence-corrected chi connectivity index (χ3v) is 7.54. The molecule has 2 N–H and O–H groups in total. The van der Waals surface area contributed by atoms with Crippen LogP contribution in [0, 0.1) is 5.41 Å². The molecule has 0 spiro atoms. The summed E-state index contributed by atoms with van der Waals surface area (Å²) in [6.07, 6.45) is 6.24. The second kappa shape index (κ2) is 8.70. The predicted molar refractivity (Wildman–Crippen MR) is 117 cm³/mol. The molecule has 1 aliphatic heterocycles. The van der Waals surface area contributed by atoms with Gasteiger partial charge in [-0.15, -0.1) is 0 Å². The number of nitrogens with one attached hydrogen (secondary N) is 2. The monoisotopic (exact) mass is 425 g/mol. The van der Waals surface area contributed by atoms with Crippen molar-refractivity contribution >= 4 is 21.6 Å². The molecule has 0 unspecified atom stereocenters. The molecule has 2 aromatic carbocycles. The van der Waals surface area contributed by atoms with Crippen molar-refractivity contribution in [1.82, 2.24) is 10.1 Å². The highest BCUT2D eigenvalue weighted by Gasteiger charge is 2.35. The Morgan fingerprint density at radius 1 is 0.967 bits per heavy atom. The van der Waals surface area contributed by atoms with E-state index in [1.807, 2.05) is 18.2 Å². The minimum Gasteiger partial charge on any atom is -0.273 e. The van der Waals surface area contributed by atoms with Gasteiger partial charge in [-0.1, -0.05) is 55.3 Å². The van der Waals surface area contributed by atoms with Crippen LogP contribution in [0.5, 0.6) is 0 Å². The van der Waals surface area contributed by atoms with E-state index < -0.39 is 10.0 Å². The van der Waals surface area contributed by atoms with Gasteiger partial charge in [0.05, 0.1) is 10.6 Å². The fraction of sp³-hybridized carbons (Fsp3) is 0.391. The van der Waals surface area contributed by atoms with Crippen LogP contribution in [-0.4, -0.2) is 26.6 Å². The first kappa shape index (κ1) is 20.8. The molecule has 1 heterocycles. The fourth-order valence-corrected chi connectivity index (χ4v) is 5.58. The van der Waals surface area contributed by atoms with E-state index >= 15 is 0 Å². The molecule has 0 aromatic heterocycles. The van der Waals surface area contributed by atoms with Gasteiger partial charge in [-0.3, -0.25) is 4.79 Å². The minimum atomic E-state index is -3.50. The van der Waals surface area contributed by atoms with E-state index in [1.54, 1.807) is 24.3 Å². The first-order valence-corrected chi connectivity index (χ1v) is 11.9. The van der Waals surface area contributed by atoms with Crippen molar-refractivity contribution in [1.29, 1.82) is 0 Å². The van der Waals surface area contributed by atoms with Gasteiger partial charge in [-0.2, -0.15) is 5.10 Å². The zero-order valence-corrected chi connectivity index (χ0v) is 17.7. The summed E-state index contributed by atoms with van der Waals surface area (Å²) in [6, 6.07) is 16.8. The highest BCUT2D eigenvalue weighted by Crippen LogP contribution is 2.40. The Hall–Kier alpha value is -2.51. The van der Waals surface area contributed by atoms with Gasteiger partial charge in [-0.05, 0) is 47.9 Å². The van der Waals surface area contributed by atoms with Gasteiger partial charge in [0.25, 0.3) is 0 Å². The van der Waals surface area contributed by atoms with Gasteiger partial charge in [0.2, 0.25) is 15.9 Å². The van der Waals surface area contributed by atoms with Crippen molar-refractivity contribution in [3.63, 3.8) is 0 Å². The second-order valence-electron chi connectivity index (χ2n) is 8.31. The Bertz CT molecular complexity index is 1030. The zero-order chi connectivity index (χ0) is 21.0. The normalized spacial score (nSPS) is 18.7. The predicted octanol–water partition coefficient (Wildman–Crippen LogP) is 3.38. The van der Waals surface area contributed by atoms with E-state index in [9.17, 15) is 13.2 Å². The highest BCUT2D eigenvalue weighted by atomic mass is 32.2. The first-order chi connectivity index (χ1) is 14.5. The molecule has 0 atom stereocenters. The van der Waals surface area contributed by atoms with E-state index in [0.717, 1.165) is 43.4 Å². The van der Waals surface area contributed by atoms with E-state index in [2.05, 4.69) is 27.4 Å². The van der Waals surface area contributed by atoms with Crippen LogP contribution in [0.4, 0.5) is 0 Å². The molecule has 7 heteroatoms. The molecule has 2 aliphatic rings. The standard InChI is InChI=1S/C23H27N3O3S/c27-22-13-12-21(25-26-22)19-10-8-18(9-11-19)16-23(14-4-5-15-23)17-24-30(28,29)20-6-2-1-3-7-20/h1-3,6-11,24H,4-5,12-17H2,(H,26,27). The van der Waals surface area contributed by atoms with Crippen LogP contribution in [-0.2, 0) is 21.2 Å². The summed E-state index contributed by atoms with van der Waals surface area (Å²) < 4.78 is 28.2. The number of hydrogen-bond acceptors (Lipinski definition) is 4. The summed E-state index contributed by atoms with van der Waals surface area (Å²) in [7, 11) is -3.50. The summed E-state index contributed by atoms with van der Waals surface area (Å²) in [4.78, 5) is 11.6. The third-order valence-electron chi connectivity index (χ3n) is 6.13. The third kappa shape index (κ3) is 4.79. The van der Waals surface area contributed by atoms with E-state index in [0.29, 0.717) is 24.3 Å². The molecule has 0 bridgehead atoms. The van der Waals surface area contributed by atoms with Crippen LogP contribution in [0.25, 0.3) is 0 Å². The molecule has 1 saturated carbocycles. The van der Waals surface area contributed by atoms with Crippen molar-refractivity contribution in [2.45, 2.75) is 49.8 Å². The van der Waals surface area contributed by atoms with Crippen LogP contribution >= 0.6 is 0 Å². The molecule has 6 nitrogen and oxygen atoms in total. The highest BCUT2D eigenvalue weighted by molar-refractivity contribution is 7.89. The van der Waals surface area contributed by atoms with Crippen LogP contribution in [0.15, 0.2) is 64.6 Å². The largest absolute Gasteiger partial charge is 0.273 e. The summed E-state index contributed by atoms with van der Waals surface area (Å²) in [6.45, 7) is 0.449. The fourth-order valence-electron chi connectivity index (χ4n) is 4.40. The lowest BCUT2D eigenvalue weighted by molar-refractivity contribution is -0.121. The number of rotatable bonds is 7. The molecule has 1 fully saturated rings.